The predicted molar refractivity (Wildman–Crippen MR) is 176 cm³/mol. The molecule has 1 fully saturated rings. The molecule has 0 bridgehead atoms. The van der Waals surface area contributed by atoms with Crippen LogP contribution in [0.15, 0.2) is 34.1 Å². The summed E-state index contributed by atoms with van der Waals surface area (Å²) in [7, 11) is 0. The molecule has 1 aromatic heterocycles. The summed E-state index contributed by atoms with van der Waals surface area (Å²) >= 11 is 0. The van der Waals surface area contributed by atoms with Crippen LogP contribution >= 0.6 is 0 Å². The minimum absolute atomic E-state index is 0.0122. The third-order valence-electron chi connectivity index (χ3n) is 9.06. The number of aromatic nitrogens is 1. The zero-order chi connectivity index (χ0) is 31.8. The highest BCUT2D eigenvalue weighted by Gasteiger charge is 2.44. The number of Topliss-reactive ketones (excluding diaryl/α,β-unsaturated/α-hetero) is 1. The summed E-state index contributed by atoms with van der Waals surface area (Å²) < 4.78 is 0. The molecule has 3 amide bonds. The number of allylic oxidation sites excluding steroid dienone is 2. The number of anilines is 2. The lowest BCUT2D eigenvalue weighted by Gasteiger charge is -2.27. The summed E-state index contributed by atoms with van der Waals surface area (Å²) in [5, 5.41) is 23.5. The topological polar surface area (TPSA) is 127 Å². The van der Waals surface area contributed by atoms with Gasteiger partial charge in [-0.25, -0.2) is 14.8 Å². The number of urea groups is 1. The fraction of sp³-hybridized carbons (Fsp3) is 0.618. The number of pyridine rings is 1. The van der Waals surface area contributed by atoms with Crippen molar-refractivity contribution in [3.8, 4) is 0 Å². The molecule has 1 aliphatic heterocycles. The first kappa shape index (κ1) is 33.2. The first-order valence-electron chi connectivity index (χ1n) is 16.7. The molecule has 0 spiro atoms. The molecule has 2 aliphatic carbocycles. The number of aliphatic hydroxyl groups is 1. The van der Waals surface area contributed by atoms with Crippen LogP contribution in [0.1, 0.15) is 111 Å². The normalized spacial score (nSPS) is 19.4. The number of rotatable bonds is 15. The Kier molecular flexibility index (Phi) is 11.6. The largest absolute Gasteiger partial charge is 0.506 e. The van der Waals surface area contributed by atoms with Crippen molar-refractivity contribution in [2.45, 2.75) is 111 Å². The van der Waals surface area contributed by atoms with E-state index in [0.717, 1.165) is 77.3 Å². The SMILES string of the molecule is CCCCC1=NN(CC(CC)CCCC)C(=O)C1=C1C(=O)C(c2ccc(N(CC)CC)nc2NC(=O)NC2CCCC2)=C1O. The van der Waals surface area contributed by atoms with E-state index in [0.29, 0.717) is 36.0 Å². The summed E-state index contributed by atoms with van der Waals surface area (Å²) in [4.78, 5) is 47.3. The van der Waals surface area contributed by atoms with E-state index in [2.05, 4.69) is 36.5 Å². The van der Waals surface area contributed by atoms with Crippen molar-refractivity contribution < 1.29 is 19.5 Å². The Balaban J connectivity index is 1.70. The Bertz CT molecular complexity index is 1320. The molecule has 0 aromatic carbocycles. The van der Waals surface area contributed by atoms with Crippen LogP contribution in [0.3, 0.4) is 0 Å². The van der Waals surface area contributed by atoms with Crippen LogP contribution in [-0.4, -0.2) is 64.2 Å². The molecule has 3 aliphatic rings. The number of carbonyl (C=O) groups excluding carboxylic acids is 3. The van der Waals surface area contributed by atoms with Gasteiger partial charge in [-0.15, -0.1) is 0 Å². The Morgan fingerprint density at radius 3 is 2.34 bits per heavy atom. The summed E-state index contributed by atoms with van der Waals surface area (Å²) in [6, 6.07) is 3.21. The van der Waals surface area contributed by atoms with Crippen molar-refractivity contribution in [3.63, 3.8) is 0 Å². The quantitative estimate of drug-likeness (QED) is 0.190. The van der Waals surface area contributed by atoms with Gasteiger partial charge < -0.3 is 15.3 Å². The van der Waals surface area contributed by atoms with Gasteiger partial charge in [0.1, 0.15) is 17.4 Å². The third-order valence-corrected chi connectivity index (χ3v) is 9.06. The fourth-order valence-corrected chi connectivity index (χ4v) is 6.30. The second kappa shape index (κ2) is 15.3. The van der Waals surface area contributed by atoms with E-state index in [4.69, 9.17) is 4.98 Å². The van der Waals surface area contributed by atoms with Gasteiger partial charge >= 0.3 is 6.03 Å². The number of hydrogen-bond donors (Lipinski definition) is 3. The molecular weight excluding hydrogens is 556 g/mol. The molecule has 2 heterocycles. The second-order valence-electron chi connectivity index (χ2n) is 12.1. The Morgan fingerprint density at radius 1 is 1.02 bits per heavy atom. The lowest BCUT2D eigenvalue weighted by Crippen LogP contribution is -2.37. The zero-order valence-corrected chi connectivity index (χ0v) is 27.2. The van der Waals surface area contributed by atoms with Crippen LogP contribution in [0.2, 0.25) is 0 Å². The summed E-state index contributed by atoms with van der Waals surface area (Å²) in [5.41, 5.74) is 1.15. The van der Waals surface area contributed by atoms with Crippen molar-refractivity contribution in [2.75, 3.05) is 29.9 Å². The van der Waals surface area contributed by atoms with Crippen molar-refractivity contribution in [3.05, 3.63) is 34.6 Å². The fourth-order valence-electron chi connectivity index (χ4n) is 6.30. The van der Waals surface area contributed by atoms with Crippen LogP contribution in [0.5, 0.6) is 0 Å². The number of carbonyl (C=O) groups is 3. The molecule has 1 unspecified atom stereocenters. The van der Waals surface area contributed by atoms with E-state index >= 15 is 0 Å². The molecule has 10 nitrogen and oxygen atoms in total. The van der Waals surface area contributed by atoms with Crippen molar-refractivity contribution >= 4 is 40.6 Å². The minimum atomic E-state index is -0.438. The lowest BCUT2D eigenvalue weighted by molar-refractivity contribution is -0.126. The summed E-state index contributed by atoms with van der Waals surface area (Å²) in [6.45, 7) is 12.3. The van der Waals surface area contributed by atoms with Gasteiger partial charge in [-0.3, -0.25) is 14.9 Å². The molecule has 1 atom stereocenters. The second-order valence-corrected chi connectivity index (χ2v) is 12.1. The number of unbranched alkanes of at least 4 members (excludes halogenated alkanes) is 2. The average Bonchev–Trinajstić information content (AvgIpc) is 3.63. The summed E-state index contributed by atoms with van der Waals surface area (Å²) in [5.74, 6) is 0.153. The van der Waals surface area contributed by atoms with Crippen LogP contribution in [0.4, 0.5) is 16.4 Å². The van der Waals surface area contributed by atoms with Gasteiger partial charge in [-0.05, 0) is 64.0 Å². The van der Waals surface area contributed by atoms with E-state index < -0.39 is 11.8 Å². The van der Waals surface area contributed by atoms with E-state index in [1.165, 1.54) is 5.01 Å². The number of ketones is 1. The average molecular weight is 607 g/mol. The van der Waals surface area contributed by atoms with Gasteiger partial charge in [0.05, 0.1) is 22.4 Å². The third kappa shape index (κ3) is 7.16. The summed E-state index contributed by atoms with van der Waals surface area (Å²) in [6.07, 6.45) is 10.4. The lowest BCUT2D eigenvalue weighted by atomic mass is 9.79. The first-order valence-corrected chi connectivity index (χ1v) is 16.7. The molecule has 44 heavy (non-hydrogen) atoms. The van der Waals surface area contributed by atoms with Crippen LogP contribution < -0.4 is 15.5 Å². The Morgan fingerprint density at radius 2 is 1.73 bits per heavy atom. The van der Waals surface area contributed by atoms with Crippen molar-refractivity contribution in [1.29, 1.82) is 0 Å². The van der Waals surface area contributed by atoms with Gasteiger partial charge in [0.25, 0.3) is 5.91 Å². The van der Waals surface area contributed by atoms with Gasteiger partial charge in [0.2, 0.25) is 5.78 Å². The highest BCUT2D eigenvalue weighted by molar-refractivity contribution is 6.44. The van der Waals surface area contributed by atoms with E-state index in [1.54, 1.807) is 12.1 Å². The molecule has 3 N–H and O–H groups in total. The van der Waals surface area contributed by atoms with E-state index in [1.807, 2.05) is 18.7 Å². The highest BCUT2D eigenvalue weighted by atomic mass is 16.3. The predicted octanol–water partition coefficient (Wildman–Crippen LogP) is 6.75. The monoisotopic (exact) mass is 606 g/mol. The van der Waals surface area contributed by atoms with Crippen molar-refractivity contribution in [2.24, 2.45) is 11.0 Å². The van der Waals surface area contributed by atoms with Gasteiger partial charge in [-0.2, -0.15) is 5.10 Å². The molecule has 240 valence electrons. The van der Waals surface area contributed by atoms with Gasteiger partial charge in [-0.1, -0.05) is 59.3 Å². The number of hydrazone groups is 1. The van der Waals surface area contributed by atoms with E-state index in [-0.39, 0.29) is 40.2 Å². The highest BCUT2D eigenvalue weighted by Crippen LogP contribution is 2.42. The first-order chi connectivity index (χ1) is 21.3. The molecule has 0 saturated heterocycles. The molecule has 0 radical (unpaired) electrons. The van der Waals surface area contributed by atoms with Gasteiger partial charge in [0.15, 0.2) is 0 Å². The standard InChI is InChI=1S/C34H50N6O4/c1-6-11-15-22(8-3)21-40-33(43)28(25(38-40)18-12-7-2)29-30(41)27(31(29)42)24-19-20-26(39(9-4)10-5)36-32(24)37-34(44)35-23-16-13-14-17-23/h19-20,22-23,41H,6-18,21H2,1-5H3,(H2,35,36,37,44). The number of hydrogen-bond acceptors (Lipinski definition) is 7. The number of nitrogens with one attached hydrogen (secondary N) is 2. The zero-order valence-electron chi connectivity index (χ0n) is 27.2. The number of amides is 3. The Labute approximate surface area is 262 Å². The maximum Gasteiger partial charge on any atom is 0.320 e. The minimum Gasteiger partial charge on any atom is -0.506 e. The van der Waals surface area contributed by atoms with Crippen molar-refractivity contribution in [1.82, 2.24) is 15.3 Å². The van der Waals surface area contributed by atoms with E-state index in [9.17, 15) is 19.5 Å². The Hall–Kier alpha value is -3.69. The maximum atomic E-state index is 13.8. The molecule has 1 saturated carbocycles. The smallest absolute Gasteiger partial charge is 0.320 e. The molecule has 1 aromatic rings. The maximum absolute atomic E-state index is 13.8. The van der Waals surface area contributed by atoms with Crippen LogP contribution in [0.25, 0.3) is 5.57 Å². The molecule has 10 heteroatoms. The number of nitrogens with zero attached hydrogens (tertiary/aromatic N) is 4. The van der Waals surface area contributed by atoms with Crippen LogP contribution in [0, 0.1) is 5.92 Å². The molecule has 4 rings (SSSR count). The van der Waals surface area contributed by atoms with Gasteiger partial charge in [0, 0.05) is 31.2 Å². The number of aliphatic hydroxyl groups excluding tert-OH is 1. The molecular formula is C34H50N6O4. The van der Waals surface area contributed by atoms with Crippen LogP contribution in [-0.2, 0) is 9.59 Å².